The average Bonchev–Trinajstić information content (AvgIpc) is 3.26. The molecule has 0 amide bonds. The van der Waals surface area contributed by atoms with E-state index < -0.39 is 6.43 Å². The van der Waals surface area contributed by atoms with E-state index in [4.69, 9.17) is 4.74 Å². The Bertz CT molecular complexity index is 826. The monoisotopic (exact) mass is 363 g/mol. The summed E-state index contributed by atoms with van der Waals surface area (Å²) in [4.78, 5) is 6.64. The molecular weight excluding hydrogens is 344 g/mol. The van der Waals surface area contributed by atoms with Gasteiger partial charge < -0.3 is 14.2 Å². The third-order valence-corrected chi connectivity index (χ3v) is 5.37. The number of benzene rings is 1. The lowest BCUT2D eigenvalue weighted by Crippen LogP contribution is -2.38. The van der Waals surface area contributed by atoms with E-state index in [0.717, 1.165) is 47.7 Å². The van der Waals surface area contributed by atoms with E-state index in [1.54, 1.807) is 22.1 Å². The van der Waals surface area contributed by atoms with Crippen LogP contribution < -0.4 is 9.64 Å². The van der Waals surface area contributed by atoms with Crippen molar-refractivity contribution in [3.8, 4) is 5.75 Å². The SMILES string of the molecule is FC(F)Cn1ccc2c(OC3CCN(c4nccs4)CC3)cccc21. The van der Waals surface area contributed by atoms with Crippen molar-refractivity contribution in [2.45, 2.75) is 31.9 Å². The molecule has 1 fully saturated rings. The number of thiazole rings is 1. The summed E-state index contributed by atoms with van der Waals surface area (Å²) >= 11 is 1.65. The summed E-state index contributed by atoms with van der Waals surface area (Å²) in [6.45, 7) is 1.54. The van der Waals surface area contributed by atoms with Crippen LogP contribution in [0.2, 0.25) is 0 Å². The molecule has 0 bridgehead atoms. The maximum atomic E-state index is 12.7. The first-order chi connectivity index (χ1) is 12.2. The summed E-state index contributed by atoms with van der Waals surface area (Å²) in [5, 5.41) is 3.94. The topological polar surface area (TPSA) is 30.3 Å². The van der Waals surface area contributed by atoms with Crippen LogP contribution >= 0.6 is 11.3 Å². The minimum absolute atomic E-state index is 0.139. The number of alkyl halides is 2. The second-order valence-corrected chi connectivity index (χ2v) is 7.04. The predicted molar refractivity (Wildman–Crippen MR) is 95.9 cm³/mol. The Hall–Kier alpha value is -2.15. The van der Waals surface area contributed by atoms with Crippen molar-refractivity contribution < 1.29 is 13.5 Å². The Balaban J connectivity index is 1.45. The molecule has 4 rings (SSSR count). The quantitative estimate of drug-likeness (QED) is 0.673. The molecule has 132 valence electrons. The second-order valence-electron chi connectivity index (χ2n) is 6.17. The van der Waals surface area contributed by atoms with Gasteiger partial charge in [0.1, 0.15) is 11.9 Å². The van der Waals surface area contributed by atoms with E-state index in [1.807, 2.05) is 35.8 Å². The van der Waals surface area contributed by atoms with Gasteiger partial charge in [0.05, 0.1) is 12.1 Å². The van der Waals surface area contributed by atoms with Gasteiger partial charge in [-0.3, -0.25) is 0 Å². The lowest BCUT2D eigenvalue weighted by Gasteiger charge is -2.32. The van der Waals surface area contributed by atoms with E-state index >= 15 is 0 Å². The van der Waals surface area contributed by atoms with Gasteiger partial charge in [-0.15, -0.1) is 11.3 Å². The highest BCUT2D eigenvalue weighted by atomic mass is 32.1. The molecule has 0 spiro atoms. The smallest absolute Gasteiger partial charge is 0.256 e. The van der Waals surface area contributed by atoms with Gasteiger partial charge in [0, 0.05) is 49.1 Å². The summed E-state index contributed by atoms with van der Waals surface area (Å²) in [7, 11) is 0. The summed E-state index contributed by atoms with van der Waals surface area (Å²) in [5.74, 6) is 0.776. The zero-order chi connectivity index (χ0) is 17.2. The van der Waals surface area contributed by atoms with Crippen molar-refractivity contribution in [1.29, 1.82) is 0 Å². The van der Waals surface area contributed by atoms with Crippen molar-refractivity contribution in [1.82, 2.24) is 9.55 Å². The third-order valence-electron chi connectivity index (χ3n) is 4.53. The molecule has 3 aromatic rings. The minimum Gasteiger partial charge on any atom is -0.490 e. The van der Waals surface area contributed by atoms with Gasteiger partial charge >= 0.3 is 0 Å². The maximum Gasteiger partial charge on any atom is 0.256 e. The second kappa shape index (κ2) is 7.00. The summed E-state index contributed by atoms with van der Waals surface area (Å²) in [6.07, 6.45) is 3.15. The van der Waals surface area contributed by atoms with Gasteiger partial charge in [-0.25, -0.2) is 13.8 Å². The van der Waals surface area contributed by atoms with Crippen LogP contribution in [0.3, 0.4) is 0 Å². The van der Waals surface area contributed by atoms with E-state index in [1.165, 1.54) is 0 Å². The third kappa shape index (κ3) is 3.46. The fourth-order valence-electron chi connectivity index (χ4n) is 3.32. The lowest BCUT2D eigenvalue weighted by molar-refractivity contribution is 0.128. The van der Waals surface area contributed by atoms with Crippen molar-refractivity contribution in [2.24, 2.45) is 0 Å². The normalized spacial score (nSPS) is 16.0. The fraction of sp³-hybridized carbons (Fsp3) is 0.389. The number of anilines is 1. The van der Waals surface area contributed by atoms with Crippen LogP contribution in [0.25, 0.3) is 10.9 Å². The predicted octanol–water partition coefficient (Wildman–Crippen LogP) is 4.41. The molecule has 2 aromatic heterocycles. The van der Waals surface area contributed by atoms with Crippen molar-refractivity contribution in [3.63, 3.8) is 0 Å². The first kappa shape index (κ1) is 16.3. The van der Waals surface area contributed by atoms with Gasteiger partial charge in [0.25, 0.3) is 6.43 Å². The first-order valence-corrected chi connectivity index (χ1v) is 9.26. The van der Waals surface area contributed by atoms with Crippen LogP contribution in [0, 0.1) is 0 Å². The number of nitrogens with zero attached hydrogens (tertiary/aromatic N) is 3. The standard InChI is InChI=1S/C18H19F2N3OS/c19-17(20)12-23-10-6-14-15(23)2-1-3-16(14)24-13-4-8-22(9-5-13)18-21-7-11-25-18/h1-3,6-7,10-11,13,17H,4-5,8-9,12H2. The number of piperidine rings is 1. The van der Waals surface area contributed by atoms with Gasteiger partial charge in [-0.1, -0.05) is 6.07 Å². The Labute approximate surface area is 148 Å². The number of halogens is 2. The molecule has 1 aliphatic heterocycles. The fourth-order valence-corrected chi connectivity index (χ4v) is 4.02. The molecule has 0 N–H and O–H groups in total. The Morgan fingerprint density at radius 2 is 2.08 bits per heavy atom. The molecule has 7 heteroatoms. The number of hydrogen-bond acceptors (Lipinski definition) is 4. The highest BCUT2D eigenvalue weighted by Gasteiger charge is 2.22. The lowest BCUT2D eigenvalue weighted by atomic mass is 10.1. The van der Waals surface area contributed by atoms with Crippen LogP contribution in [0.4, 0.5) is 13.9 Å². The van der Waals surface area contributed by atoms with Crippen molar-refractivity contribution in [2.75, 3.05) is 18.0 Å². The Kier molecular flexibility index (Phi) is 4.57. The Morgan fingerprint density at radius 3 is 2.80 bits per heavy atom. The molecule has 3 heterocycles. The van der Waals surface area contributed by atoms with Crippen LogP contribution in [0.5, 0.6) is 5.75 Å². The molecule has 25 heavy (non-hydrogen) atoms. The van der Waals surface area contributed by atoms with Crippen LogP contribution in [-0.2, 0) is 6.54 Å². The number of fused-ring (bicyclic) bond motifs is 1. The highest BCUT2D eigenvalue weighted by Crippen LogP contribution is 2.30. The number of hydrogen-bond donors (Lipinski definition) is 0. The van der Waals surface area contributed by atoms with E-state index in [-0.39, 0.29) is 12.6 Å². The summed E-state index contributed by atoms with van der Waals surface area (Å²) in [6, 6.07) is 7.50. The summed E-state index contributed by atoms with van der Waals surface area (Å²) < 4.78 is 33.2. The molecule has 0 saturated carbocycles. The molecule has 4 nitrogen and oxygen atoms in total. The highest BCUT2D eigenvalue weighted by molar-refractivity contribution is 7.13. The molecule has 1 aliphatic rings. The zero-order valence-corrected chi connectivity index (χ0v) is 14.5. The molecule has 0 unspecified atom stereocenters. The molecule has 1 saturated heterocycles. The van der Waals surface area contributed by atoms with Crippen LogP contribution in [0.15, 0.2) is 42.0 Å². The average molecular weight is 363 g/mol. The van der Waals surface area contributed by atoms with Gasteiger partial charge in [0.2, 0.25) is 0 Å². The maximum absolute atomic E-state index is 12.7. The van der Waals surface area contributed by atoms with Crippen molar-refractivity contribution >= 4 is 27.4 Å². The van der Waals surface area contributed by atoms with Gasteiger partial charge in [-0.05, 0) is 18.2 Å². The number of aromatic nitrogens is 2. The molecule has 0 atom stereocenters. The summed E-state index contributed by atoms with van der Waals surface area (Å²) in [5.41, 5.74) is 0.790. The minimum atomic E-state index is -2.37. The molecule has 0 radical (unpaired) electrons. The van der Waals surface area contributed by atoms with Crippen LogP contribution in [-0.4, -0.2) is 35.2 Å². The zero-order valence-electron chi connectivity index (χ0n) is 13.6. The first-order valence-electron chi connectivity index (χ1n) is 8.38. The van der Waals surface area contributed by atoms with Gasteiger partial charge in [0.15, 0.2) is 5.13 Å². The van der Waals surface area contributed by atoms with Gasteiger partial charge in [-0.2, -0.15) is 0 Å². The molecule has 1 aromatic carbocycles. The molecule has 0 aliphatic carbocycles. The van der Waals surface area contributed by atoms with E-state index in [0.29, 0.717) is 0 Å². The van der Waals surface area contributed by atoms with E-state index in [9.17, 15) is 8.78 Å². The van der Waals surface area contributed by atoms with Crippen molar-refractivity contribution in [3.05, 3.63) is 42.0 Å². The Morgan fingerprint density at radius 1 is 1.24 bits per heavy atom. The molecular formula is C18H19F2N3OS. The number of ether oxygens (including phenoxy) is 1. The van der Waals surface area contributed by atoms with E-state index in [2.05, 4.69) is 9.88 Å². The largest absolute Gasteiger partial charge is 0.490 e. The number of rotatable bonds is 5. The van der Waals surface area contributed by atoms with Crippen LogP contribution in [0.1, 0.15) is 12.8 Å².